The van der Waals surface area contributed by atoms with E-state index in [0.29, 0.717) is 18.0 Å². The Hall–Kier alpha value is -1.26. The van der Waals surface area contributed by atoms with Crippen molar-refractivity contribution in [2.45, 2.75) is 19.4 Å². The number of likely N-dealkylation sites (N-methyl/N-ethyl adjacent to an activating group) is 1. The number of aliphatic hydroxyl groups excluding tert-OH is 1. The quantitative estimate of drug-likeness (QED) is 0.790. The highest BCUT2D eigenvalue weighted by Gasteiger charge is 2.15. The van der Waals surface area contributed by atoms with Crippen molar-refractivity contribution in [2.75, 3.05) is 27.8 Å². The van der Waals surface area contributed by atoms with Gasteiger partial charge < -0.3 is 19.9 Å². The molecule has 0 aliphatic heterocycles. The average Bonchev–Trinajstić information content (AvgIpc) is 2.37. The minimum absolute atomic E-state index is 0.516. The summed E-state index contributed by atoms with van der Waals surface area (Å²) in [6, 6.07) is 3.77. The Bertz CT molecular complexity index is 366. The van der Waals surface area contributed by atoms with Crippen LogP contribution in [0.1, 0.15) is 24.2 Å². The Morgan fingerprint density at radius 2 is 1.82 bits per heavy atom. The van der Waals surface area contributed by atoms with E-state index in [1.165, 1.54) is 0 Å². The number of benzene rings is 1. The molecule has 0 amide bonds. The zero-order chi connectivity index (χ0) is 12.8. The zero-order valence-electron chi connectivity index (χ0n) is 10.9. The molecule has 0 bridgehead atoms. The van der Waals surface area contributed by atoms with Gasteiger partial charge in [0.15, 0.2) is 11.5 Å². The number of rotatable bonds is 6. The van der Waals surface area contributed by atoms with Crippen LogP contribution < -0.4 is 14.8 Å². The van der Waals surface area contributed by atoms with E-state index < -0.39 is 6.10 Å². The number of aryl methyl sites for hydroxylation is 1. The lowest BCUT2D eigenvalue weighted by Gasteiger charge is -2.18. The molecule has 1 atom stereocenters. The molecule has 1 aromatic rings. The van der Waals surface area contributed by atoms with Crippen molar-refractivity contribution in [1.82, 2.24) is 5.32 Å². The second-order valence-corrected chi connectivity index (χ2v) is 3.83. The van der Waals surface area contributed by atoms with Crippen molar-refractivity contribution in [1.29, 1.82) is 0 Å². The van der Waals surface area contributed by atoms with Crippen molar-refractivity contribution in [3.05, 3.63) is 23.3 Å². The molecule has 0 saturated heterocycles. The number of hydrogen-bond acceptors (Lipinski definition) is 4. The van der Waals surface area contributed by atoms with E-state index in [2.05, 4.69) is 12.2 Å². The summed E-state index contributed by atoms with van der Waals surface area (Å²) in [6.45, 7) is 2.57. The van der Waals surface area contributed by atoms with E-state index in [1.54, 1.807) is 14.2 Å². The summed E-state index contributed by atoms with van der Waals surface area (Å²) in [6.07, 6.45) is 0.311. The Kier molecular flexibility index (Phi) is 5.25. The highest BCUT2D eigenvalue weighted by Crippen LogP contribution is 2.33. The lowest BCUT2D eigenvalue weighted by atomic mass is 9.99. The molecule has 0 spiro atoms. The molecule has 0 fully saturated rings. The van der Waals surface area contributed by atoms with Crippen molar-refractivity contribution >= 4 is 0 Å². The van der Waals surface area contributed by atoms with Crippen molar-refractivity contribution in [2.24, 2.45) is 0 Å². The van der Waals surface area contributed by atoms with Crippen LogP contribution in [0.15, 0.2) is 12.1 Å². The average molecular weight is 239 g/mol. The number of ether oxygens (including phenoxy) is 2. The van der Waals surface area contributed by atoms with Gasteiger partial charge in [0.25, 0.3) is 0 Å². The third-order valence-electron chi connectivity index (χ3n) is 2.78. The summed E-state index contributed by atoms with van der Waals surface area (Å²) in [4.78, 5) is 0. The fraction of sp³-hybridized carbons (Fsp3) is 0.538. The molecular weight excluding hydrogens is 218 g/mol. The van der Waals surface area contributed by atoms with Crippen LogP contribution in [0.2, 0.25) is 0 Å². The van der Waals surface area contributed by atoms with E-state index in [-0.39, 0.29) is 0 Å². The topological polar surface area (TPSA) is 50.7 Å². The lowest BCUT2D eigenvalue weighted by Crippen LogP contribution is -2.18. The van der Waals surface area contributed by atoms with Gasteiger partial charge in [0, 0.05) is 6.54 Å². The van der Waals surface area contributed by atoms with E-state index >= 15 is 0 Å². The summed E-state index contributed by atoms with van der Waals surface area (Å²) in [7, 11) is 5.02. The van der Waals surface area contributed by atoms with Crippen LogP contribution in [-0.4, -0.2) is 32.9 Å². The maximum atomic E-state index is 10.1. The van der Waals surface area contributed by atoms with E-state index in [9.17, 15) is 5.11 Å². The third kappa shape index (κ3) is 3.11. The number of nitrogens with one attached hydrogen (secondary N) is 1. The van der Waals surface area contributed by atoms with Gasteiger partial charge in [-0.05, 0) is 36.7 Å². The van der Waals surface area contributed by atoms with Gasteiger partial charge >= 0.3 is 0 Å². The van der Waals surface area contributed by atoms with E-state index in [1.807, 2.05) is 19.2 Å². The molecular formula is C13H21NO3. The van der Waals surface area contributed by atoms with Gasteiger partial charge in [-0.25, -0.2) is 0 Å². The van der Waals surface area contributed by atoms with Crippen molar-refractivity contribution in [3.63, 3.8) is 0 Å². The highest BCUT2D eigenvalue weighted by atomic mass is 16.5. The smallest absolute Gasteiger partial charge is 0.161 e. The Balaban J connectivity index is 3.18. The van der Waals surface area contributed by atoms with Crippen LogP contribution in [0.3, 0.4) is 0 Å². The summed E-state index contributed by atoms with van der Waals surface area (Å²) in [5, 5.41) is 13.0. The molecule has 2 N–H and O–H groups in total. The minimum Gasteiger partial charge on any atom is -0.493 e. The van der Waals surface area contributed by atoms with Crippen molar-refractivity contribution in [3.8, 4) is 11.5 Å². The monoisotopic (exact) mass is 239 g/mol. The fourth-order valence-electron chi connectivity index (χ4n) is 1.86. The summed E-state index contributed by atoms with van der Waals surface area (Å²) in [5.74, 6) is 1.35. The Labute approximate surface area is 103 Å². The third-order valence-corrected chi connectivity index (χ3v) is 2.78. The molecule has 96 valence electrons. The van der Waals surface area contributed by atoms with Crippen LogP contribution in [0.4, 0.5) is 0 Å². The summed E-state index contributed by atoms with van der Waals surface area (Å²) >= 11 is 0. The molecule has 1 unspecified atom stereocenters. The number of hydrogen-bond donors (Lipinski definition) is 2. The normalized spacial score (nSPS) is 12.3. The largest absolute Gasteiger partial charge is 0.493 e. The molecule has 4 heteroatoms. The van der Waals surface area contributed by atoms with Crippen molar-refractivity contribution < 1.29 is 14.6 Å². The molecule has 1 aromatic carbocycles. The minimum atomic E-state index is -0.533. The molecule has 0 heterocycles. The van der Waals surface area contributed by atoms with Gasteiger partial charge in [-0.15, -0.1) is 0 Å². The van der Waals surface area contributed by atoms with Gasteiger partial charge in [-0.1, -0.05) is 6.92 Å². The molecule has 17 heavy (non-hydrogen) atoms. The van der Waals surface area contributed by atoms with Crippen LogP contribution in [-0.2, 0) is 6.42 Å². The SMILES string of the molecule is CCc1cc(OC)c(OC)cc1C(O)CNC. The predicted molar refractivity (Wildman–Crippen MR) is 67.8 cm³/mol. The van der Waals surface area contributed by atoms with Crippen LogP contribution in [0.5, 0.6) is 11.5 Å². The van der Waals surface area contributed by atoms with Crippen LogP contribution in [0.25, 0.3) is 0 Å². The Morgan fingerprint density at radius 1 is 1.24 bits per heavy atom. The molecule has 1 rings (SSSR count). The Morgan fingerprint density at radius 3 is 2.29 bits per heavy atom. The standard InChI is InChI=1S/C13H21NO3/c1-5-9-6-12(16-3)13(17-4)7-10(9)11(15)8-14-2/h6-7,11,14-15H,5,8H2,1-4H3. The molecule has 4 nitrogen and oxygen atoms in total. The maximum absolute atomic E-state index is 10.1. The zero-order valence-corrected chi connectivity index (χ0v) is 10.9. The second-order valence-electron chi connectivity index (χ2n) is 3.83. The van der Waals surface area contributed by atoms with E-state index in [4.69, 9.17) is 9.47 Å². The molecule has 0 aliphatic rings. The summed E-state index contributed by atoms with van der Waals surface area (Å²) < 4.78 is 10.5. The summed E-state index contributed by atoms with van der Waals surface area (Å²) in [5.41, 5.74) is 1.96. The second kappa shape index (κ2) is 6.47. The fourth-order valence-corrected chi connectivity index (χ4v) is 1.86. The van der Waals surface area contributed by atoms with Crippen LogP contribution >= 0.6 is 0 Å². The van der Waals surface area contributed by atoms with Gasteiger partial charge in [0.1, 0.15) is 0 Å². The predicted octanol–water partition coefficient (Wildman–Crippen LogP) is 1.52. The number of methoxy groups -OCH3 is 2. The first-order valence-corrected chi connectivity index (χ1v) is 5.75. The van der Waals surface area contributed by atoms with Gasteiger partial charge in [0.2, 0.25) is 0 Å². The van der Waals surface area contributed by atoms with Gasteiger partial charge in [0.05, 0.1) is 20.3 Å². The van der Waals surface area contributed by atoms with Crippen LogP contribution in [0, 0.1) is 0 Å². The first-order valence-electron chi connectivity index (χ1n) is 5.75. The molecule has 0 aromatic heterocycles. The molecule has 0 saturated carbocycles. The maximum Gasteiger partial charge on any atom is 0.161 e. The molecule has 0 aliphatic carbocycles. The number of aliphatic hydroxyl groups is 1. The molecule has 0 radical (unpaired) electrons. The first kappa shape index (κ1) is 13.8. The first-order chi connectivity index (χ1) is 8.17. The lowest BCUT2D eigenvalue weighted by molar-refractivity contribution is 0.176. The van der Waals surface area contributed by atoms with E-state index in [0.717, 1.165) is 17.5 Å². The highest BCUT2D eigenvalue weighted by molar-refractivity contribution is 5.48. The van der Waals surface area contributed by atoms with Gasteiger partial charge in [-0.3, -0.25) is 0 Å². The van der Waals surface area contributed by atoms with Gasteiger partial charge in [-0.2, -0.15) is 0 Å².